The molecule has 1 fully saturated rings. The van der Waals surface area contributed by atoms with Gasteiger partial charge in [0.2, 0.25) is 0 Å². The van der Waals surface area contributed by atoms with E-state index in [4.69, 9.17) is 4.74 Å². The predicted octanol–water partition coefficient (Wildman–Crippen LogP) is 3.34. The van der Waals surface area contributed by atoms with Crippen molar-refractivity contribution in [3.05, 3.63) is 71.3 Å². The molecule has 3 nitrogen and oxygen atoms in total. The molecular formula is C21H21NO2. The number of ether oxygens (including phenoxy) is 1. The van der Waals surface area contributed by atoms with E-state index < -0.39 is 0 Å². The molecule has 24 heavy (non-hydrogen) atoms. The standard InChI is InChI=1S/C21H21NO2/c1-16-14-22(15-17(2)24-16)21(23)20-12-10-19(11-13-20)9-8-18-6-4-3-5-7-18/h3-7,10-13,16-17H,14-15H2,1-2H3. The fraction of sp³-hybridized carbons (Fsp3) is 0.286. The summed E-state index contributed by atoms with van der Waals surface area (Å²) in [6, 6.07) is 17.4. The lowest BCUT2D eigenvalue weighted by atomic mass is 10.1. The van der Waals surface area contributed by atoms with E-state index in [1.54, 1.807) is 0 Å². The highest BCUT2D eigenvalue weighted by Crippen LogP contribution is 2.15. The molecule has 2 aromatic carbocycles. The highest BCUT2D eigenvalue weighted by molar-refractivity contribution is 5.94. The van der Waals surface area contributed by atoms with Crippen LogP contribution in [0.15, 0.2) is 54.6 Å². The number of morpholine rings is 1. The van der Waals surface area contributed by atoms with Gasteiger partial charge in [0.25, 0.3) is 5.91 Å². The average molecular weight is 319 g/mol. The predicted molar refractivity (Wildman–Crippen MR) is 94.8 cm³/mol. The van der Waals surface area contributed by atoms with Gasteiger partial charge in [0, 0.05) is 29.8 Å². The summed E-state index contributed by atoms with van der Waals surface area (Å²) >= 11 is 0. The summed E-state index contributed by atoms with van der Waals surface area (Å²) in [6.07, 6.45) is 0.155. The van der Waals surface area contributed by atoms with E-state index >= 15 is 0 Å². The Hall–Kier alpha value is -2.57. The van der Waals surface area contributed by atoms with Crippen LogP contribution in [0.5, 0.6) is 0 Å². The van der Waals surface area contributed by atoms with Crippen LogP contribution in [0.2, 0.25) is 0 Å². The Kier molecular flexibility index (Phi) is 4.98. The number of hydrogen-bond acceptors (Lipinski definition) is 2. The van der Waals surface area contributed by atoms with Crippen molar-refractivity contribution in [3.8, 4) is 11.8 Å². The Bertz CT molecular complexity index is 746. The molecule has 1 aliphatic rings. The second kappa shape index (κ2) is 7.33. The van der Waals surface area contributed by atoms with E-state index in [9.17, 15) is 4.79 Å². The fourth-order valence-corrected chi connectivity index (χ4v) is 2.89. The van der Waals surface area contributed by atoms with E-state index in [1.807, 2.05) is 73.3 Å². The topological polar surface area (TPSA) is 29.5 Å². The Morgan fingerprint density at radius 3 is 2.04 bits per heavy atom. The third-order valence-electron chi connectivity index (χ3n) is 3.96. The third kappa shape index (κ3) is 4.04. The van der Waals surface area contributed by atoms with Gasteiger partial charge in [-0.3, -0.25) is 4.79 Å². The van der Waals surface area contributed by atoms with Crippen LogP contribution in [-0.4, -0.2) is 36.1 Å². The maximum Gasteiger partial charge on any atom is 0.254 e. The van der Waals surface area contributed by atoms with Gasteiger partial charge < -0.3 is 9.64 Å². The molecule has 2 atom stereocenters. The van der Waals surface area contributed by atoms with Crippen molar-refractivity contribution >= 4 is 5.91 Å². The molecule has 2 unspecified atom stereocenters. The molecule has 0 saturated carbocycles. The van der Waals surface area contributed by atoms with Crippen molar-refractivity contribution in [2.75, 3.05) is 13.1 Å². The third-order valence-corrected chi connectivity index (χ3v) is 3.96. The lowest BCUT2D eigenvalue weighted by Crippen LogP contribution is -2.48. The lowest BCUT2D eigenvalue weighted by Gasteiger charge is -2.35. The van der Waals surface area contributed by atoms with Crippen LogP contribution in [0.3, 0.4) is 0 Å². The van der Waals surface area contributed by atoms with Crippen LogP contribution in [0, 0.1) is 11.8 Å². The number of rotatable bonds is 1. The average Bonchev–Trinajstić information content (AvgIpc) is 2.60. The zero-order valence-electron chi connectivity index (χ0n) is 14.0. The summed E-state index contributed by atoms with van der Waals surface area (Å²) in [7, 11) is 0. The van der Waals surface area contributed by atoms with E-state index in [2.05, 4.69) is 11.8 Å². The van der Waals surface area contributed by atoms with Gasteiger partial charge in [-0.15, -0.1) is 0 Å². The van der Waals surface area contributed by atoms with E-state index in [0.717, 1.165) is 11.1 Å². The molecule has 0 aromatic heterocycles. The molecule has 122 valence electrons. The lowest BCUT2D eigenvalue weighted by molar-refractivity contribution is -0.0586. The van der Waals surface area contributed by atoms with E-state index in [-0.39, 0.29) is 18.1 Å². The number of carbonyl (C=O) groups excluding carboxylic acids is 1. The van der Waals surface area contributed by atoms with Crippen LogP contribution in [-0.2, 0) is 4.74 Å². The smallest absolute Gasteiger partial charge is 0.254 e. The number of nitrogens with zero attached hydrogens (tertiary/aromatic N) is 1. The summed E-state index contributed by atoms with van der Waals surface area (Å²) in [6.45, 7) is 5.27. The maximum absolute atomic E-state index is 12.6. The minimum atomic E-state index is 0.0552. The summed E-state index contributed by atoms with van der Waals surface area (Å²) in [5.41, 5.74) is 2.58. The van der Waals surface area contributed by atoms with Crippen molar-refractivity contribution in [1.82, 2.24) is 4.90 Å². The van der Waals surface area contributed by atoms with Gasteiger partial charge in [0.05, 0.1) is 12.2 Å². The van der Waals surface area contributed by atoms with Gasteiger partial charge in [-0.2, -0.15) is 0 Å². The monoisotopic (exact) mass is 319 g/mol. The van der Waals surface area contributed by atoms with Crippen LogP contribution in [0.1, 0.15) is 35.3 Å². The molecule has 0 radical (unpaired) electrons. The highest BCUT2D eigenvalue weighted by Gasteiger charge is 2.26. The molecule has 1 aliphatic heterocycles. The SMILES string of the molecule is CC1CN(C(=O)c2ccc(C#Cc3ccccc3)cc2)CC(C)O1. The molecule has 3 rings (SSSR count). The van der Waals surface area contributed by atoms with Crippen molar-refractivity contribution in [3.63, 3.8) is 0 Å². The molecule has 1 heterocycles. The van der Waals surface area contributed by atoms with Crippen molar-refractivity contribution in [2.24, 2.45) is 0 Å². The van der Waals surface area contributed by atoms with E-state index in [1.165, 1.54) is 0 Å². The van der Waals surface area contributed by atoms with Crippen molar-refractivity contribution < 1.29 is 9.53 Å². The fourth-order valence-electron chi connectivity index (χ4n) is 2.89. The van der Waals surface area contributed by atoms with Crippen LogP contribution >= 0.6 is 0 Å². The molecule has 0 aliphatic carbocycles. The van der Waals surface area contributed by atoms with Gasteiger partial charge in [0.1, 0.15) is 0 Å². The summed E-state index contributed by atoms with van der Waals surface area (Å²) in [5, 5.41) is 0. The number of hydrogen-bond donors (Lipinski definition) is 0. The molecule has 0 bridgehead atoms. The summed E-state index contributed by atoms with van der Waals surface area (Å²) in [4.78, 5) is 14.5. The van der Waals surface area contributed by atoms with Crippen molar-refractivity contribution in [1.29, 1.82) is 0 Å². The summed E-state index contributed by atoms with van der Waals surface area (Å²) < 4.78 is 5.68. The first kappa shape index (κ1) is 16.3. The first-order valence-electron chi connectivity index (χ1n) is 8.23. The molecule has 3 heteroatoms. The maximum atomic E-state index is 12.6. The molecular weight excluding hydrogens is 298 g/mol. The zero-order valence-corrected chi connectivity index (χ0v) is 14.0. The molecule has 1 saturated heterocycles. The Balaban J connectivity index is 1.70. The first-order valence-corrected chi connectivity index (χ1v) is 8.23. The summed E-state index contributed by atoms with van der Waals surface area (Å²) in [5.74, 6) is 6.30. The van der Waals surface area contributed by atoms with Gasteiger partial charge in [-0.25, -0.2) is 0 Å². The van der Waals surface area contributed by atoms with Crippen LogP contribution in [0.25, 0.3) is 0 Å². The van der Waals surface area contributed by atoms with Gasteiger partial charge >= 0.3 is 0 Å². The van der Waals surface area contributed by atoms with Crippen LogP contribution < -0.4 is 0 Å². The molecule has 0 N–H and O–H groups in total. The quantitative estimate of drug-likeness (QED) is 0.755. The largest absolute Gasteiger partial charge is 0.372 e. The van der Waals surface area contributed by atoms with Gasteiger partial charge in [0.15, 0.2) is 0 Å². The second-order valence-corrected chi connectivity index (χ2v) is 6.16. The Labute approximate surface area is 143 Å². The molecule has 1 amide bonds. The first-order chi connectivity index (χ1) is 11.6. The minimum absolute atomic E-state index is 0.0552. The minimum Gasteiger partial charge on any atom is -0.372 e. The normalized spacial score (nSPS) is 20.2. The number of carbonyl (C=O) groups is 1. The Morgan fingerprint density at radius 2 is 1.46 bits per heavy atom. The highest BCUT2D eigenvalue weighted by atomic mass is 16.5. The molecule has 2 aromatic rings. The molecule has 0 spiro atoms. The second-order valence-electron chi connectivity index (χ2n) is 6.16. The zero-order chi connectivity index (χ0) is 16.9. The van der Waals surface area contributed by atoms with Crippen molar-refractivity contribution in [2.45, 2.75) is 26.1 Å². The van der Waals surface area contributed by atoms with Gasteiger partial charge in [-0.1, -0.05) is 30.0 Å². The number of amides is 1. The number of benzene rings is 2. The Morgan fingerprint density at radius 1 is 0.917 bits per heavy atom. The van der Waals surface area contributed by atoms with E-state index in [0.29, 0.717) is 18.7 Å². The van der Waals surface area contributed by atoms with Crippen LogP contribution in [0.4, 0.5) is 0 Å². The van der Waals surface area contributed by atoms with Gasteiger partial charge in [-0.05, 0) is 50.2 Å².